The first-order valence-corrected chi connectivity index (χ1v) is 10.2. The van der Waals surface area contributed by atoms with Gasteiger partial charge in [-0.2, -0.15) is 0 Å². The maximum Gasteiger partial charge on any atom is 0.195 e. The van der Waals surface area contributed by atoms with Crippen molar-refractivity contribution in [2.75, 3.05) is 7.11 Å². The maximum atomic E-state index is 12.7. The lowest BCUT2D eigenvalue weighted by atomic mass is 10.2. The molecule has 1 heterocycles. The summed E-state index contributed by atoms with van der Waals surface area (Å²) in [7, 11) is 1.66. The topological polar surface area (TPSA) is 26.3 Å². The standard InChI is InChI=1S/C21H15ClO2S2/c1-24-14-8-6-13(7-9-14)12-25-18-11-10-16-20(23)15-4-2-3-5-17(15)26-21(16)19(18)22/h2-11H,12H2,1H3. The molecule has 3 aromatic carbocycles. The van der Waals surface area contributed by atoms with Crippen molar-refractivity contribution < 1.29 is 4.74 Å². The van der Waals surface area contributed by atoms with Crippen LogP contribution in [0.2, 0.25) is 5.02 Å². The molecule has 2 nitrogen and oxygen atoms in total. The molecule has 0 unspecified atom stereocenters. The van der Waals surface area contributed by atoms with Crippen molar-refractivity contribution in [3.63, 3.8) is 0 Å². The SMILES string of the molecule is COc1ccc(CSc2ccc3c(=O)c4ccccc4sc3c2Cl)cc1. The van der Waals surface area contributed by atoms with Crippen molar-refractivity contribution >= 4 is 54.9 Å². The Morgan fingerprint density at radius 2 is 1.77 bits per heavy atom. The Morgan fingerprint density at radius 3 is 2.54 bits per heavy atom. The molecule has 0 saturated carbocycles. The van der Waals surface area contributed by atoms with Gasteiger partial charge in [0.15, 0.2) is 5.43 Å². The third-order valence-electron chi connectivity index (χ3n) is 4.20. The molecule has 0 atom stereocenters. The van der Waals surface area contributed by atoms with E-state index in [1.807, 2.05) is 60.7 Å². The van der Waals surface area contributed by atoms with E-state index >= 15 is 0 Å². The lowest BCUT2D eigenvalue weighted by molar-refractivity contribution is 0.414. The molecule has 26 heavy (non-hydrogen) atoms. The third kappa shape index (κ3) is 3.20. The Labute approximate surface area is 164 Å². The summed E-state index contributed by atoms with van der Waals surface area (Å²) >= 11 is 9.90. The fraction of sp³-hybridized carbons (Fsp3) is 0.0952. The molecule has 0 radical (unpaired) electrons. The highest BCUT2D eigenvalue weighted by Gasteiger charge is 2.12. The molecule has 0 aliphatic carbocycles. The molecule has 0 bridgehead atoms. The highest BCUT2D eigenvalue weighted by molar-refractivity contribution is 7.98. The van der Waals surface area contributed by atoms with E-state index in [-0.39, 0.29) is 5.43 Å². The van der Waals surface area contributed by atoms with Crippen LogP contribution in [0, 0.1) is 0 Å². The first kappa shape index (κ1) is 17.4. The highest BCUT2D eigenvalue weighted by atomic mass is 35.5. The number of hydrogen-bond acceptors (Lipinski definition) is 4. The normalized spacial score (nSPS) is 11.2. The van der Waals surface area contributed by atoms with Crippen LogP contribution in [0.15, 0.2) is 70.4 Å². The van der Waals surface area contributed by atoms with Gasteiger partial charge in [-0.1, -0.05) is 35.9 Å². The molecule has 0 aliphatic rings. The van der Waals surface area contributed by atoms with Crippen molar-refractivity contribution in [1.82, 2.24) is 0 Å². The van der Waals surface area contributed by atoms with Crippen molar-refractivity contribution in [3.8, 4) is 5.75 Å². The third-order valence-corrected chi connectivity index (χ3v) is 7.15. The number of methoxy groups -OCH3 is 1. The van der Waals surface area contributed by atoms with Gasteiger partial charge < -0.3 is 4.74 Å². The molecule has 5 heteroatoms. The second-order valence-corrected chi connectivity index (χ2v) is 8.27. The zero-order chi connectivity index (χ0) is 18.1. The van der Waals surface area contributed by atoms with Crippen LogP contribution in [0.1, 0.15) is 5.56 Å². The van der Waals surface area contributed by atoms with Gasteiger partial charge in [-0.15, -0.1) is 23.1 Å². The molecular formula is C21H15ClO2S2. The Morgan fingerprint density at radius 1 is 1.00 bits per heavy atom. The largest absolute Gasteiger partial charge is 0.497 e. The van der Waals surface area contributed by atoms with Gasteiger partial charge in [-0.05, 0) is 42.0 Å². The van der Waals surface area contributed by atoms with Crippen LogP contribution in [0.25, 0.3) is 20.2 Å². The van der Waals surface area contributed by atoms with Crippen LogP contribution in [-0.4, -0.2) is 7.11 Å². The van der Waals surface area contributed by atoms with Gasteiger partial charge in [-0.3, -0.25) is 4.79 Å². The second-order valence-electron chi connectivity index (χ2n) is 5.82. The average Bonchev–Trinajstić information content (AvgIpc) is 2.69. The number of hydrogen-bond donors (Lipinski definition) is 0. The lowest BCUT2D eigenvalue weighted by Crippen LogP contribution is -2.01. The fourth-order valence-corrected chi connectivity index (χ4v) is 5.33. The number of halogens is 1. The zero-order valence-electron chi connectivity index (χ0n) is 14.0. The quantitative estimate of drug-likeness (QED) is 0.295. The second kappa shape index (κ2) is 7.31. The van der Waals surface area contributed by atoms with Gasteiger partial charge in [0.25, 0.3) is 0 Å². The van der Waals surface area contributed by atoms with Crippen LogP contribution >= 0.6 is 34.7 Å². The predicted molar refractivity (Wildman–Crippen MR) is 113 cm³/mol. The minimum absolute atomic E-state index is 0.0444. The summed E-state index contributed by atoms with van der Waals surface area (Å²) in [6, 6.07) is 19.5. The van der Waals surface area contributed by atoms with Gasteiger partial charge >= 0.3 is 0 Å². The number of ether oxygens (including phenoxy) is 1. The van der Waals surface area contributed by atoms with Crippen LogP contribution in [0.5, 0.6) is 5.75 Å². The van der Waals surface area contributed by atoms with E-state index < -0.39 is 0 Å². The summed E-state index contributed by atoms with van der Waals surface area (Å²) in [4.78, 5) is 13.7. The van der Waals surface area contributed by atoms with Crippen LogP contribution in [0.4, 0.5) is 0 Å². The van der Waals surface area contributed by atoms with Gasteiger partial charge in [-0.25, -0.2) is 0 Å². The zero-order valence-corrected chi connectivity index (χ0v) is 16.4. The molecular weight excluding hydrogens is 384 g/mol. The molecule has 0 amide bonds. The summed E-state index contributed by atoms with van der Waals surface area (Å²) in [6.07, 6.45) is 0. The van der Waals surface area contributed by atoms with Crippen LogP contribution in [0.3, 0.4) is 0 Å². The summed E-state index contributed by atoms with van der Waals surface area (Å²) in [5.74, 6) is 1.65. The number of rotatable bonds is 4. The van der Waals surface area contributed by atoms with Gasteiger partial charge in [0.05, 0.1) is 16.8 Å². The summed E-state index contributed by atoms with van der Waals surface area (Å²) in [6.45, 7) is 0. The van der Waals surface area contributed by atoms with Crippen molar-refractivity contribution in [3.05, 3.63) is 81.5 Å². The summed E-state index contributed by atoms with van der Waals surface area (Å²) in [5, 5.41) is 2.10. The molecule has 0 aliphatic heterocycles. The fourth-order valence-electron chi connectivity index (χ4n) is 2.81. The van der Waals surface area contributed by atoms with Gasteiger partial charge in [0.2, 0.25) is 0 Å². The van der Waals surface area contributed by atoms with E-state index in [1.165, 1.54) is 5.56 Å². The monoisotopic (exact) mass is 398 g/mol. The highest BCUT2D eigenvalue weighted by Crippen LogP contribution is 2.38. The van der Waals surface area contributed by atoms with E-state index in [1.54, 1.807) is 30.2 Å². The Balaban J connectivity index is 1.70. The maximum absolute atomic E-state index is 12.7. The van der Waals surface area contributed by atoms with E-state index in [0.29, 0.717) is 10.4 Å². The Bertz CT molecular complexity index is 1150. The summed E-state index contributed by atoms with van der Waals surface area (Å²) < 4.78 is 7.01. The van der Waals surface area contributed by atoms with E-state index in [9.17, 15) is 4.79 Å². The molecule has 0 saturated heterocycles. The minimum atomic E-state index is 0.0444. The Hall–Kier alpha value is -2.01. The molecule has 0 spiro atoms. The van der Waals surface area contributed by atoms with Gasteiger partial charge in [0, 0.05) is 26.1 Å². The van der Waals surface area contributed by atoms with Gasteiger partial charge in [0.1, 0.15) is 5.75 Å². The van der Waals surface area contributed by atoms with Crippen molar-refractivity contribution in [2.24, 2.45) is 0 Å². The number of benzene rings is 3. The molecule has 1 aromatic heterocycles. The van der Waals surface area contributed by atoms with E-state index in [0.717, 1.165) is 31.2 Å². The molecule has 4 aromatic rings. The molecule has 0 fully saturated rings. The smallest absolute Gasteiger partial charge is 0.195 e. The van der Waals surface area contributed by atoms with E-state index in [4.69, 9.17) is 16.3 Å². The lowest BCUT2D eigenvalue weighted by Gasteiger charge is -2.08. The Kier molecular flexibility index (Phi) is 4.90. The van der Waals surface area contributed by atoms with Crippen molar-refractivity contribution in [1.29, 1.82) is 0 Å². The van der Waals surface area contributed by atoms with E-state index in [2.05, 4.69) is 0 Å². The minimum Gasteiger partial charge on any atom is -0.497 e. The first-order valence-electron chi connectivity index (χ1n) is 8.07. The predicted octanol–water partition coefficient (Wildman–Crippen LogP) is 6.37. The average molecular weight is 399 g/mol. The van der Waals surface area contributed by atoms with Crippen LogP contribution in [-0.2, 0) is 5.75 Å². The number of fused-ring (bicyclic) bond motifs is 2. The first-order chi connectivity index (χ1) is 12.7. The van der Waals surface area contributed by atoms with Crippen LogP contribution < -0.4 is 10.2 Å². The molecule has 130 valence electrons. The van der Waals surface area contributed by atoms with Crippen molar-refractivity contribution in [2.45, 2.75) is 10.6 Å². The number of thioether (sulfide) groups is 1. The molecule has 0 N–H and O–H groups in total. The molecule has 4 rings (SSSR count). The summed E-state index contributed by atoms with van der Waals surface area (Å²) in [5.41, 5.74) is 1.24.